The summed E-state index contributed by atoms with van der Waals surface area (Å²) in [5.74, 6) is 2.81. The lowest BCUT2D eigenvalue weighted by molar-refractivity contribution is -0.118. The summed E-state index contributed by atoms with van der Waals surface area (Å²) in [6.07, 6.45) is 7.65. The second-order valence-corrected chi connectivity index (χ2v) is 5.39. The molecule has 0 bridgehead atoms. The Morgan fingerprint density at radius 1 is 1.07 bits per heavy atom. The molecule has 0 N–H and O–H groups in total. The summed E-state index contributed by atoms with van der Waals surface area (Å²) in [4.78, 5) is 16.5. The molecule has 3 fully saturated rings. The van der Waals surface area contributed by atoms with Gasteiger partial charge in [-0.2, -0.15) is 0 Å². The highest BCUT2D eigenvalue weighted by atomic mass is 16.1. The van der Waals surface area contributed by atoms with Crippen LogP contribution in [0.15, 0.2) is 4.99 Å². The third-order valence-electron chi connectivity index (χ3n) is 4.83. The minimum atomic E-state index is 0.354. The van der Waals surface area contributed by atoms with E-state index >= 15 is 0 Å². The van der Waals surface area contributed by atoms with E-state index in [-0.39, 0.29) is 0 Å². The first-order valence-electron chi connectivity index (χ1n) is 6.34. The van der Waals surface area contributed by atoms with Crippen molar-refractivity contribution in [1.29, 1.82) is 0 Å². The van der Waals surface area contributed by atoms with E-state index < -0.39 is 0 Å². The van der Waals surface area contributed by atoms with E-state index in [9.17, 15) is 4.79 Å². The zero-order valence-corrected chi connectivity index (χ0v) is 9.41. The number of Topliss-reactive ketones (excluding diaryl/α,β-unsaturated/α-hetero) is 1. The summed E-state index contributed by atoms with van der Waals surface area (Å²) < 4.78 is 0. The average Bonchev–Trinajstić information content (AvgIpc) is 2.55. The lowest BCUT2D eigenvalue weighted by Gasteiger charge is -2.39. The van der Waals surface area contributed by atoms with Gasteiger partial charge in [-0.1, -0.05) is 25.7 Å². The Kier molecular flexibility index (Phi) is 2.18. The van der Waals surface area contributed by atoms with E-state index in [4.69, 9.17) is 0 Å². The van der Waals surface area contributed by atoms with Crippen LogP contribution >= 0.6 is 0 Å². The van der Waals surface area contributed by atoms with E-state index in [1.165, 1.54) is 32.1 Å². The molecule has 0 aromatic heterocycles. The number of rotatable bonds is 0. The summed E-state index contributed by atoms with van der Waals surface area (Å²) in [5, 5.41) is 0. The molecule has 4 unspecified atom stereocenters. The second kappa shape index (κ2) is 3.43. The van der Waals surface area contributed by atoms with Crippen LogP contribution in [0.5, 0.6) is 0 Å². The number of aliphatic imine (C=N–C) groups is 1. The maximum atomic E-state index is 12.2. The fraction of sp³-hybridized carbons (Fsp3) is 0.846. The van der Waals surface area contributed by atoms with Gasteiger partial charge in [-0.05, 0) is 24.7 Å². The van der Waals surface area contributed by atoms with Crippen molar-refractivity contribution in [1.82, 2.24) is 0 Å². The van der Waals surface area contributed by atoms with Crippen molar-refractivity contribution in [2.24, 2.45) is 28.7 Å². The Balaban J connectivity index is 2.00. The van der Waals surface area contributed by atoms with Crippen LogP contribution in [0.25, 0.3) is 0 Å². The predicted molar refractivity (Wildman–Crippen MR) is 60.0 cm³/mol. The fourth-order valence-electron chi connectivity index (χ4n) is 4.33. The monoisotopic (exact) mass is 205 g/mol. The van der Waals surface area contributed by atoms with Gasteiger partial charge in [-0.15, -0.1) is 0 Å². The van der Waals surface area contributed by atoms with Gasteiger partial charge in [0.1, 0.15) is 0 Å². The number of hydrogen-bond donors (Lipinski definition) is 0. The van der Waals surface area contributed by atoms with Crippen molar-refractivity contribution in [3.8, 4) is 0 Å². The molecule has 0 spiro atoms. The highest BCUT2D eigenvalue weighted by Crippen LogP contribution is 2.51. The van der Waals surface area contributed by atoms with Crippen LogP contribution in [0, 0.1) is 23.7 Å². The summed E-state index contributed by atoms with van der Waals surface area (Å²) in [7, 11) is 1.80. The topological polar surface area (TPSA) is 29.4 Å². The largest absolute Gasteiger partial charge is 0.293 e. The van der Waals surface area contributed by atoms with Gasteiger partial charge >= 0.3 is 0 Å². The van der Waals surface area contributed by atoms with Crippen LogP contribution in [0.2, 0.25) is 0 Å². The van der Waals surface area contributed by atoms with Crippen molar-refractivity contribution in [2.45, 2.75) is 38.5 Å². The molecule has 4 atom stereocenters. The molecular weight excluding hydrogens is 186 g/mol. The third kappa shape index (κ3) is 1.23. The number of ketones is 1. The molecule has 3 aliphatic carbocycles. The predicted octanol–water partition coefficient (Wildman–Crippen LogP) is 2.47. The highest BCUT2D eigenvalue weighted by Gasteiger charge is 2.52. The van der Waals surface area contributed by atoms with E-state index in [2.05, 4.69) is 4.99 Å². The van der Waals surface area contributed by atoms with Crippen LogP contribution in [-0.4, -0.2) is 18.5 Å². The SMILES string of the molecule is CN=C1C(=O)C2CCCC3CCCC1C32. The summed E-state index contributed by atoms with van der Waals surface area (Å²) in [6, 6.07) is 0. The Morgan fingerprint density at radius 3 is 2.40 bits per heavy atom. The molecule has 0 amide bonds. The van der Waals surface area contributed by atoms with Crippen LogP contribution in [0.3, 0.4) is 0 Å². The van der Waals surface area contributed by atoms with E-state index in [1.807, 2.05) is 0 Å². The molecule has 82 valence electrons. The first kappa shape index (κ1) is 9.56. The quantitative estimate of drug-likeness (QED) is 0.597. The second-order valence-electron chi connectivity index (χ2n) is 5.39. The van der Waals surface area contributed by atoms with Gasteiger partial charge in [0.2, 0.25) is 0 Å². The zero-order chi connectivity index (χ0) is 10.4. The molecule has 15 heavy (non-hydrogen) atoms. The van der Waals surface area contributed by atoms with E-state index in [1.54, 1.807) is 7.05 Å². The molecule has 0 saturated heterocycles. The standard InChI is InChI=1S/C13H19NO/c1-14-12-9-6-2-4-8-5-3-7-10(11(8)9)13(12)15/h8-11H,2-7H2,1H3. The number of hydrogen-bond acceptors (Lipinski definition) is 2. The molecular formula is C13H19NO. The Morgan fingerprint density at radius 2 is 1.73 bits per heavy atom. The summed E-state index contributed by atoms with van der Waals surface area (Å²) in [6.45, 7) is 0. The maximum Gasteiger partial charge on any atom is 0.180 e. The van der Waals surface area contributed by atoms with Gasteiger partial charge in [0.05, 0.1) is 5.71 Å². The lowest BCUT2D eigenvalue weighted by atomic mass is 9.65. The smallest absolute Gasteiger partial charge is 0.180 e. The Labute approximate surface area is 91.2 Å². The van der Waals surface area contributed by atoms with E-state index in [0.29, 0.717) is 23.5 Å². The molecule has 3 aliphatic rings. The molecule has 0 aliphatic heterocycles. The van der Waals surface area contributed by atoms with Crippen molar-refractivity contribution >= 4 is 11.5 Å². The molecule has 3 saturated carbocycles. The van der Waals surface area contributed by atoms with Crippen LogP contribution in [0.4, 0.5) is 0 Å². The Hall–Kier alpha value is -0.660. The fourth-order valence-corrected chi connectivity index (χ4v) is 4.33. The molecule has 3 rings (SSSR count). The summed E-state index contributed by atoms with van der Waals surface area (Å²) in [5.41, 5.74) is 0.941. The van der Waals surface area contributed by atoms with Crippen LogP contribution in [-0.2, 0) is 4.79 Å². The molecule has 2 nitrogen and oxygen atoms in total. The van der Waals surface area contributed by atoms with Gasteiger partial charge in [0.25, 0.3) is 0 Å². The van der Waals surface area contributed by atoms with Gasteiger partial charge in [-0.25, -0.2) is 0 Å². The minimum Gasteiger partial charge on any atom is -0.293 e. The van der Waals surface area contributed by atoms with Crippen molar-refractivity contribution < 1.29 is 4.79 Å². The third-order valence-corrected chi connectivity index (χ3v) is 4.83. The minimum absolute atomic E-state index is 0.354. The first-order chi connectivity index (χ1) is 7.33. The van der Waals surface area contributed by atoms with Gasteiger partial charge in [-0.3, -0.25) is 9.79 Å². The molecule has 0 aromatic rings. The zero-order valence-electron chi connectivity index (χ0n) is 9.41. The van der Waals surface area contributed by atoms with Gasteiger partial charge < -0.3 is 0 Å². The molecule has 0 aromatic carbocycles. The van der Waals surface area contributed by atoms with Crippen LogP contribution < -0.4 is 0 Å². The van der Waals surface area contributed by atoms with E-state index in [0.717, 1.165) is 18.1 Å². The normalized spacial score (nSPS) is 47.0. The number of nitrogens with zero attached hydrogens (tertiary/aromatic N) is 1. The number of carbonyl (C=O) groups excluding carboxylic acids is 1. The van der Waals surface area contributed by atoms with Crippen molar-refractivity contribution in [3.05, 3.63) is 0 Å². The van der Waals surface area contributed by atoms with Crippen LogP contribution in [0.1, 0.15) is 38.5 Å². The first-order valence-corrected chi connectivity index (χ1v) is 6.34. The van der Waals surface area contributed by atoms with Crippen molar-refractivity contribution in [3.63, 3.8) is 0 Å². The van der Waals surface area contributed by atoms with Crippen molar-refractivity contribution in [2.75, 3.05) is 7.05 Å². The molecule has 2 heteroatoms. The highest BCUT2D eigenvalue weighted by molar-refractivity contribution is 6.43. The van der Waals surface area contributed by atoms with Gasteiger partial charge in [0.15, 0.2) is 5.78 Å². The Bertz CT molecular complexity index is 318. The summed E-state index contributed by atoms with van der Waals surface area (Å²) >= 11 is 0. The number of carbonyl (C=O) groups is 1. The molecule has 0 radical (unpaired) electrons. The molecule has 0 heterocycles. The van der Waals surface area contributed by atoms with Gasteiger partial charge in [0, 0.05) is 18.9 Å². The average molecular weight is 205 g/mol. The lowest BCUT2D eigenvalue weighted by Crippen LogP contribution is -2.33. The maximum absolute atomic E-state index is 12.2.